The Balaban J connectivity index is 1.73. The number of carbonyl (C=O) groups excluding carboxylic acids is 1. The minimum absolute atomic E-state index is 0.235. The van der Waals surface area contributed by atoms with E-state index in [1.807, 2.05) is 18.7 Å². The normalized spacial score (nSPS) is 18.6. The average Bonchev–Trinajstić information content (AvgIpc) is 2.88. The van der Waals surface area contributed by atoms with E-state index in [-0.39, 0.29) is 5.91 Å². The zero-order chi connectivity index (χ0) is 17.5. The highest BCUT2D eigenvalue weighted by Crippen LogP contribution is 2.17. The molecule has 1 amide bonds. The first-order valence-electron chi connectivity index (χ1n) is 8.68. The number of nitrogens with one attached hydrogen (secondary N) is 2. The van der Waals surface area contributed by atoms with Crippen molar-refractivity contribution in [2.45, 2.75) is 59.0 Å². The van der Waals surface area contributed by atoms with Gasteiger partial charge in [0.15, 0.2) is 5.96 Å². The molecular weight excluding hydrogens is 322 g/mol. The molecule has 24 heavy (non-hydrogen) atoms. The minimum atomic E-state index is 0.235. The molecule has 1 aliphatic rings. The molecule has 0 radical (unpaired) electrons. The molecule has 1 saturated heterocycles. The molecule has 1 aromatic rings. The summed E-state index contributed by atoms with van der Waals surface area (Å²) in [6, 6.07) is 0.376. The van der Waals surface area contributed by atoms with E-state index in [9.17, 15) is 4.79 Å². The van der Waals surface area contributed by atoms with E-state index in [0.717, 1.165) is 36.0 Å². The molecule has 0 aliphatic carbocycles. The third-order valence-corrected chi connectivity index (χ3v) is 5.47. The fraction of sp³-hybridized carbons (Fsp3) is 0.706. The first-order chi connectivity index (χ1) is 11.5. The highest BCUT2D eigenvalue weighted by Gasteiger charge is 2.22. The van der Waals surface area contributed by atoms with E-state index in [4.69, 9.17) is 0 Å². The molecule has 2 N–H and O–H groups in total. The van der Waals surface area contributed by atoms with Gasteiger partial charge in [0.1, 0.15) is 0 Å². The number of piperidine rings is 1. The molecule has 2 heterocycles. The monoisotopic (exact) mass is 351 g/mol. The summed E-state index contributed by atoms with van der Waals surface area (Å²) in [4.78, 5) is 24.2. The molecule has 0 aromatic carbocycles. The molecule has 1 aliphatic heterocycles. The lowest BCUT2D eigenvalue weighted by Crippen LogP contribution is -2.44. The van der Waals surface area contributed by atoms with Crippen LogP contribution in [0.15, 0.2) is 4.99 Å². The predicted molar refractivity (Wildman–Crippen MR) is 99.4 cm³/mol. The van der Waals surface area contributed by atoms with Crippen molar-refractivity contribution in [2.24, 2.45) is 4.99 Å². The third kappa shape index (κ3) is 5.19. The molecule has 1 fully saturated rings. The molecule has 6 nitrogen and oxygen atoms in total. The smallest absolute Gasteiger partial charge is 0.224 e. The Bertz CT molecular complexity index is 584. The van der Waals surface area contributed by atoms with Gasteiger partial charge in [0, 0.05) is 37.5 Å². The highest BCUT2D eigenvalue weighted by atomic mass is 32.1. The molecule has 0 bridgehead atoms. The van der Waals surface area contributed by atoms with Gasteiger partial charge in [-0.3, -0.25) is 9.79 Å². The lowest BCUT2D eigenvalue weighted by atomic mass is 10.0. The Hall–Kier alpha value is -1.63. The molecule has 1 aromatic heterocycles. The largest absolute Gasteiger partial charge is 0.356 e. The van der Waals surface area contributed by atoms with Gasteiger partial charge in [-0.2, -0.15) is 0 Å². The Morgan fingerprint density at radius 3 is 2.79 bits per heavy atom. The maximum atomic E-state index is 12.3. The number of hydrogen-bond acceptors (Lipinski definition) is 4. The molecule has 1 unspecified atom stereocenters. The topological polar surface area (TPSA) is 69.6 Å². The van der Waals surface area contributed by atoms with Crippen molar-refractivity contribution in [3.8, 4) is 0 Å². The quantitative estimate of drug-likeness (QED) is 0.630. The van der Waals surface area contributed by atoms with Crippen LogP contribution in [0.25, 0.3) is 0 Å². The number of thiazole rings is 1. The summed E-state index contributed by atoms with van der Waals surface area (Å²) in [5, 5.41) is 7.59. The van der Waals surface area contributed by atoms with Crippen LogP contribution in [0, 0.1) is 13.8 Å². The second-order valence-corrected chi connectivity index (χ2v) is 7.56. The number of carbonyl (C=O) groups is 1. The van der Waals surface area contributed by atoms with Gasteiger partial charge in [0.05, 0.1) is 17.2 Å². The number of aryl methyl sites for hydroxylation is 2. The lowest BCUT2D eigenvalue weighted by molar-refractivity contribution is -0.134. The van der Waals surface area contributed by atoms with Crippen LogP contribution < -0.4 is 10.6 Å². The van der Waals surface area contributed by atoms with E-state index in [1.54, 1.807) is 18.4 Å². The number of hydrogen-bond donors (Lipinski definition) is 2. The third-order valence-electron chi connectivity index (χ3n) is 4.39. The van der Waals surface area contributed by atoms with Crippen LogP contribution in [0.5, 0.6) is 0 Å². The van der Waals surface area contributed by atoms with Gasteiger partial charge in [-0.15, -0.1) is 11.3 Å². The van der Waals surface area contributed by atoms with Crippen LogP contribution in [0.1, 0.15) is 48.2 Å². The maximum absolute atomic E-state index is 12.3. The van der Waals surface area contributed by atoms with Crippen molar-refractivity contribution >= 4 is 23.2 Å². The van der Waals surface area contributed by atoms with Gasteiger partial charge in [0.25, 0.3) is 0 Å². The SMILES string of the molecule is CN=C(NCCC(=O)N1CCCCC1C)NCc1sc(C)nc1C. The Labute approximate surface area is 148 Å². The Morgan fingerprint density at radius 2 is 2.17 bits per heavy atom. The number of guanidine groups is 1. The van der Waals surface area contributed by atoms with Gasteiger partial charge >= 0.3 is 0 Å². The standard InChI is InChI=1S/C17H29N5OS/c1-12-7-5-6-10-22(12)16(23)8-9-19-17(18-4)20-11-15-13(2)21-14(3)24-15/h12H,5-11H2,1-4H3,(H2,18,19,20). The molecule has 0 saturated carbocycles. The van der Waals surface area contributed by atoms with E-state index in [2.05, 4.69) is 27.5 Å². The van der Waals surface area contributed by atoms with Crippen LogP contribution in [0.4, 0.5) is 0 Å². The van der Waals surface area contributed by atoms with Gasteiger partial charge in [-0.1, -0.05) is 0 Å². The minimum Gasteiger partial charge on any atom is -0.356 e. The average molecular weight is 352 g/mol. The fourth-order valence-electron chi connectivity index (χ4n) is 3.02. The lowest BCUT2D eigenvalue weighted by Gasteiger charge is -2.33. The van der Waals surface area contributed by atoms with Crippen molar-refractivity contribution in [2.75, 3.05) is 20.1 Å². The zero-order valence-electron chi connectivity index (χ0n) is 15.2. The predicted octanol–water partition coefficient (Wildman–Crippen LogP) is 2.22. The van der Waals surface area contributed by atoms with Crippen LogP contribution in [0.2, 0.25) is 0 Å². The number of aliphatic imine (C=N–C) groups is 1. The van der Waals surface area contributed by atoms with Gasteiger partial charge in [0.2, 0.25) is 5.91 Å². The van der Waals surface area contributed by atoms with Gasteiger partial charge in [-0.05, 0) is 40.0 Å². The first-order valence-corrected chi connectivity index (χ1v) is 9.49. The summed E-state index contributed by atoms with van der Waals surface area (Å²) < 4.78 is 0. The highest BCUT2D eigenvalue weighted by molar-refractivity contribution is 7.11. The maximum Gasteiger partial charge on any atom is 0.224 e. The van der Waals surface area contributed by atoms with Crippen molar-refractivity contribution in [3.63, 3.8) is 0 Å². The van der Waals surface area contributed by atoms with Crippen molar-refractivity contribution in [3.05, 3.63) is 15.6 Å². The second-order valence-electron chi connectivity index (χ2n) is 6.28. The van der Waals surface area contributed by atoms with Gasteiger partial charge in [-0.25, -0.2) is 4.98 Å². The van der Waals surface area contributed by atoms with Crippen molar-refractivity contribution in [1.29, 1.82) is 0 Å². The molecular formula is C17H29N5OS. The molecule has 7 heteroatoms. The van der Waals surface area contributed by atoms with Crippen molar-refractivity contribution in [1.82, 2.24) is 20.5 Å². The second kappa shape index (κ2) is 9.01. The number of amides is 1. The molecule has 134 valence electrons. The van der Waals surface area contributed by atoms with Crippen LogP contribution in [-0.2, 0) is 11.3 Å². The fourth-order valence-corrected chi connectivity index (χ4v) is 3.90. The van der Waals surface area contributed by atoms with Crippen LogP contribution in [-0.4, -0.2) is 47.9 Å². The Morgan fingerprint density at radius 1 is 1.38 bits per heavy atom. The molecule has 1 atom stereocenters. The van der Waals surface area contributed by atoms with Crippen LogP contribution >= 0.6 is 11.3 Å². The summed E-state index contributed by atoms with van der Waals surface area (Å²) in [5.41, 5.74) is 1.06. The molecule has 2 rings (SSSR count). The first kappa shape index (κ1) is 18.7. The number of nitrogens with zero attached hydrogens (tertiary/aromatic N) is 3. The van der Waals surface area contributed by atoms with E-state index in [0.29, 0.717) is 25.6 Å². The van der Waals surface area contributed by atoms with E-state index >= 15 is 0 Å². The summed E-state index contributed by atoms with van der Waals surface area (Å²) in [7, 11) is 1.74. The summed E-state index contributed by atoms with van der Waals surface area (Å²) in [6.07, 6.45) is 3.98. The number of aromatic nitrogens is 1. The summed E-state index contributed by atoms with van der Waals surface area (Å²) in [6.45, 7) is 8.38. The zero-order valence-corrected chi connectivity index (χ0v) is 16.0. The molecule has 0 spiro atoms. The number of likely N-dealkylation sites (tertiary alicyclic amines) is 1. The van der Waals surface area contributed by atoms with E-state index in [1.165, 1.54) is 11.3 Å². The van der Waals surface area contributed by atoms with E-state index < -0.39 is 0 Å². The van der Waals surface area contributed by atoms with Crippen LogP contribution in [0.3, 0.4) is 0 Å². The summed E-state index contributed by atoms with van der Waals surface area (Å²) in [5.74, 6) is 0.957. The van der Waals surface area contributed by atoms with Crippen molar-refractivity contribution < 1.29 is 4.79 Å². The Kier molecular flexibility index (Phi) is 7.02. The summed E-state index contributed by atoms with van der Waals surface area (Å²) >= 11 is 1.70. The van der Waals surface area contributed by atoms with Gasteiger partial charge < -0.3 is 15.5 Å². The number of rotatable bonds is 5.